The zero-order valence-electron chi connectivity index (χ0n) is 55.9. The van der Waals surface area contributed by atoms with E-state index in [1.807, 2.05) is 0 Å². The van der Waals surface area contributed by atoms with Crippen LogP contribution in [0.1, 0.15) is 373 Å². The molecule has 1 rings (SSSR count). The van der Waals surface area contributed by atoms with Gasteiger partial charge in [-0.15, -0.1) is 0 Å². The Morgan fingerprint density at radius 2 is 0.694 bits per heavy atom. The quantitative estimate of drug-likeness (QED) is 0.0215. The van der Waals surface area contributed by atoms with Gasteiger partial charge in [-0.1, -0.05) is 334 Å². The lowest BCUT2D eigenvalue weighted by molar-refractivity contribution is -0.303. The Hall–Kier alpha value is -1.41. The van der Waals surface area contributed by atoms with Crippen LogP contribution >= 0.6 is 0 Å². The predicted octanol–water partition coefficient (Wildman–Crippen LogP) is 18.4. The van der Waals surface area contributed by atoms with Gasteiger partial charge in [0.05, 0.1) is 25.4 Å². The van der Waals surface area contributed by atoms with Gasteiger partial charge in [0.2, 0.25) is 5.91 Å². The molecule has 9 unspecified atom stereocenters. The van der Waals surface area contributed by atoms with E-state index in [9.17, 15) is 40.5 Å². The Balaban J connectivity index is 2.18. The summed E-state index contributed by atoms with van der Waals surface area (Å²) in [5, 5.41) is 76.6. The summed E-state index contributed by atoms with van der Waals surface area (Å²) < 4.78 is 11.2. The number of ether oxygens (including phenoxy) is 2. The maximum atomic E-state index is 13.3. The normalized spacial score (nSPS) is 18.9. The van der Waals surface area contributed by atoms with E-state index < -0.39 is 74.2 Å². The van der Waals surface area contributed by atoms with Gasteiger partial charge in [0.1, 0.15) is 36.6 Å². The number of rotatable bonds is 66. The van der Waals surface area contributed by atoms with Crippen molar-refractivity contribution in [1.82, 2.24) is 5.32 Å². The summed E-state index contributed by atoms with van der Waals surface area (Å²) in [6, 6.07) is -1.19. The summed E-state index contributed by atoms with van der Waals surface area (Å²) >= 11 is 0. The third-order valence-corrected chi connectivity index (χ3v) is 18.2. The molecule has 9 atom stereocenters. The van der Waals surface area contributed by atoms with Gasteiger partial charge in [-0.2, -0.15) is 0 Å². The van der Waals surface area contributed by atoms with Crippen LogP contribution in [0.4, 0.5) is 0 Å². The first-order valence-electron chi connectivity index (χ1n) is 37.2. The van der Waals surface area contributed by atoms with Crippen LogP contribution < -0.4 is 5.32 Å². The molecule has 1 saturated heterocycles. The van der Waals surface area contributed by atoms with E-state index in [1.165, 1.54) is 295 Å². The van der Waals surface area contributed by atoms with Crippen LogP contribution in [-0.4, -0.2) is 110 Å². The van der Waals surface area contributed by atoms with E-state index in [-0.39, 0.29) is 12.8 Å². The summed E-state index contributed by atoms with van der Waals surface area (Å²) in [5.41, 5.74) is 0. The molecular formula is C74H143NO10. The molecule has 1 amide bonds. The van der Waals surface area contributed by atoms with Crippen molar-refractivity contribution < 1.29 is 50.0 Å². The van der Waals surface area contributed by atoms with Crippen LogP contribution in [0.2, 0.25) is 0 Å². The summed E-state index contributed by atoms with van der Waals surface area (Å²) in [4.78, 5) is 13.3. The standard InChI is InChI=1S/C74H143NO10/c1-3-5-7-9-11-13-15-17-19-21-23-25-27-29-31-32-33-34-36-38-40-42-44-46-48-50-52-54-56-58-60-62-67(78)73(83)75-65(64-84-74-72(82)71(81)70(80)68(63-76)85-74)69(79)66(77)61-59-57-55-53-51-49-47-45-43-41-39-37-35-30-28-26-24-22-20-18-16-14-12-10-8-6-4-2/h29,31,53,55,65-72,74,76-82H,3-28,30,32-52,54,56-64H2,1-2H3,(H,75,83)/b31-29-,55-53+. The predicted molar refractivity (Wildman–Crippen MR) is 358 cm³/mol. The van der Waals surface area contributed by atoms with Crippen LogP contribution in [0.15, 0.2) is 24.3 Å². The molecule has 1 aliphatic heterocycles. The monoisotopic (exact) mass is 1210 g/mol. The third-order valence-electron chi connectivity index (χ3n) is 18.2. The SMILES string of the molecule is CCCCCCCCCCCCCC/C=C\CCCCCCCCCCCCCCCCCC(O)C(=O)NC(COC1OC(CO)C(O)C(O)C1O)C(O)C(O)CCC/C=C/CCCCCCCCCCCCCCCCCCCCCCCC. The molecule has 11 nitrogen and oxygen atoms in total. The molecule has 0 aromatic rings. The maximum Gasteiger partial charge on any atom is 0.249 e. The van der Waals surface area contributed by atoms with E-state index >= 15 is 0 Å². The number of aliphatic hydroxyl groups is 7. The Bertz CT molecular complexity index is 1430. The van der Waals surface area contributed by atoms with Crippen LogP contribution in [-0.2, 0) is 14.3 Å². The highest BCUT2D eigenvalue weighted by atomic mass is 16.7. The molecule has 0 bridgehead atoms. The first-order valence-corrected chi connectivity index (χ1v) is 37.2. The van der Waals surface area contributed by atoms with Crippen molar-refractivity contribution >= 4 is 5.91 Å². The molecule has 85 heavy (non-hydrogen) atoms. The summed E-state index contributed by atoms with van der Waals surface area (Å²) in [6.45, 7) is 3.51. The van der Waals surface area contributed by atoms with Gasteiger partial charge < -0.3 is 50.5 Å². The molecule has 11 heteroatoms. The number of carbonyl (C=O) groups is 1. The van der Waals surface area contributed by atoms with Gasteiger partial charge in [0, 0.05) is 0 Å². The molecule has 8 N–H and O–H groups in total. The molecular weight excluding hydrogens is 1060 g/mol. The minimum Gasteiger partial charge on any atom is -0.394 e. The molecule has 1 fully saturated rings. The number of hydrogen-bond acceptors (Lipinski definition) is 10. The lowest BCUT2D eigenvalue weighted by atomic mass is 9.98. The van der Waals surface area contributed by atoms with E-state index in [4.69, 9.17) is 9.47 Å². The minimum atomic E-state index is -1.67. The Morgan fingerprint density at radius 3 is 1.01 bits per heavy atom. The topological polar surface area (TPSA) is 189 Å². The lowest BCUT2D eigenvalue weighted by Gasteiger charge is -2.40. The van der Waals surface area contributed by atoms with Crippen molar-refractivity contribution in [3.8, 4) is 0 Å². The number of amides is 1. The van der Waals surface area contributed by atoms with Crippen LogP contribution in [0.3, 0.4) is 0 Å². The smallest absolute Gasteiger partial charge is 0.249 e. The summed E-state index contributed by atoms with van der Waals surface area (Å²) in [7, 11) is 0. The highest BCUT2D eigenvalue weighted by Crippen LogP contribution is 2.24. The van der Waals surface area contributed by atoms with Crippen molar-refractivity contribution in [3.05, 3.63) is 24.3 Å². The van der Waals surface area contributed by atoms with Crippen LogP contribution in [0, 0.1) is 0 Å². The molecule has 0 saturated carbocycles. The van der Waals surface area contributed by atoms with Gasteiger partial charge in [-0.3, -0.25) is 4.79 Å². The maximum absolute atomic E-state index is 13.3. The van der Waals surface area contributed by atoms with E-state index in [2.05, 4.69) is 43.5 Å². The van der Waals surface area contributed by atoms with Gasteiger partial charge in [-0.05, 0) is 64.2 Å². The second-order valence-corrected chi connectivity index (χ2v) is 26.4. The fourth-order valence-electron chi connectivity index (χ4n) is 12.3. The molecule has 1 aliphatic rings. The van der Waals surface area contributed by atoms with E-state index in [0.717, 1.165) is 38.5 Å². The molecule has 0 aromatic heterocycles. The summed E-state index contributed by atoms with van der Waals surface area (Å²) in [5.74, 6) is -0.699. The average molecular weight is 1210 g/mol. The second kappa shape index (κ2) is 62.8. The average Bonchev–Trinajstić information content (AvgIpc) is 3.66. The molecule has 0 spiro atoms. The Labute approximate surface area is 524 Å². The van der Waals surface area contributed by atoms with Gasteiger partial charge in [-0.25, -0.2) is 0 Å². The van der Waals surface area contributed by atoms with E-state index in [1.54, 1.807) is 0 Å². The fraction of sp³-hybridized carbons (Fsp3) is 0.932. The Morgan fingerprint density at radius 1 is 0.400 bits per heavy atom. The van der Waals surface area contributed by atoms with Crippen LogP contribution in [0.5, 0.6) is 0 Å². The first-order chi connectivity index (χ1) is 41.7. The number of carbonyl (C=O) groups excluding carboxylic acids is 1. The zero-order chi connectivity index (χ0) is 61.7. The molecule has 504 valence electrons. The Kier molecular flexibility index (Phi) is 60.3. The molecule has 1 heterocycles. The molecule has 0 aromatic carbocycles. The minimum absolute atomic E-state index is 0.257. The number of aliphatic hydroxyl groups excluding tert-OH is 7. The van der Waals surface area contributed by atoms with Crippen molar-refractivity contribution in [1.29, 1.82) is 0 Å². The third kappa shape index (κ3) is 50.0. The first kappa shape index (κ1) is 81.6. The molecule has 0 radical (unpaired) electrons. The second-order valence-electron chi connectivity index (χ2n) is 26.4. The highest BCUT2D eigenvalue weighted by molar-refractivity contribution is 5.80. The van der Waals surface area contributed by atoms with Crippen LogP contribution in [0.25, 0.3) is 0 Å². The van der Waals surface area contributed by atoms with Gasteiger partial charge >= 0.3 is 0 Å². The van der Waals surface area contributed by atoms with E-state index in [0.29, 0.717) is 12.8 Å². The summed E-state index contributed by atoms with van der Waals surface area (Å²) in [6.07, 6.45) is 68.5. The van der Waals surface area contributed by atoms with Crippen molar-refractivity contribution in [2.24, 2.45) is 0 Å². The van der Waals surface area contributed by atoms with Gasteiger partial charge in [0.15, 0.2) is 6.29 Å². The van der Waals surface area contributed by atoms with Crippen molar-refractivity contribution in [2.75, 3.05) is 13.2 Å². The zero-order valence-corrected chi connectivity index (χ0v) is 55.9. The number of hydrogen-bond donors (Lipinski definition) is 8. The number of allylic oxidation sites excluding steroid dienone is 4. The number of nitrogens with one attached hydrogen (secondary N) is 1. The largest absolute Gasteiger partial charge is 0.394 e. The van der Waals surface area contributed by atoms with Crippen molar-refractivity contribution in [3.63, 3.8) is 0 Å². The molecule has 0 aliphatic carbocycles. The lowest BCUT2D eigenvalue weighted by Crippen LogP contribution is -2.60. The highest BCUT2D eigenvalue weighted by Gasteiger charge is 2.44. The number of unbranched alkanes of at least 4 members (excludes halogenated alkanes) is 50. The van der Waals surface area contributed by atoms with Crippen molar-refractivity contribution in [2.45, 2.75) is 428 Å². The van der Waals surface area contributed by atoms with Gasteiger partial charge in [0.25, 0.3) is 0 Å². The fourth-order valence-corrected chi connectivity index (χ4v) is 12.3.